The molecule has 0 radical (unpaired) electrons. The quantitative estimate of drug-likeness (QED) is 0.648. The van der Waals surface area contributed by atoms with Crippen LogP contribution in [0.15, 0.2) is 42.0 Å². The van der Waals surface area contributed by atoms with E-state index >= 15 is 0 Å². The zero-order valence-corrected chi connectivity index (χ0v) is 9.79. The fraction of sp³-hybridized carbons (Fsp3) is 0. The van der Waals surface area contributed by atoms with E-state index in [4.69, 9.17) is 11.6 Å². The summed E-state index contributed by atoms with van der Waals surface area (Å²) in [7, 11) is 0. The van der Waals surface area contributed by atoms with Crippen molar-refractivity contribution in [1.82, 2.24) is 9.97 Å². The molecule has 0 aliphatic rings. The number of thiophene rings is 1. The Morgan fingerprint density at radius 3 is 2.81 bits per heavy atom. The van der Waals surface area contributed by atoms with Crippen molar-refractivity contribution in [3.05, 3.63) is 47.1 Å². The number of fused-ring (bicyclic) bond motifs is 1. The standard InChI is InChI=1S/C12H7ClN2S/c13-10-4-2-1-3-8(10)11-9-5-6-16-12(9)15-7-14-11/h1-7H. The van der Waals surface area contributed by atoms with Gasteiger partial charge in [-0.15, -0.1) is 11.3 Å². The lowest BCUT2D eigenvalue weighted by molar-refractivity contribution is 1.24. The van der Waals surface area contributed by atoms with Gasteiger partial charge in [0.15, 0.2) is 0 Å². The Balaban J connectivity index is 2.34. The van der Waals surface area contributed by atoms with E-state index in [-0.39, 0.29) is 0 Å². The molecule has 0 unspecified atom stereocenters. The second-order valence-corrected chi connectivity index (χ2v) is 4.64. The van der Waals surface area contributed by atoms with Gasteiger partial charge < -0.3 is 0 Å². The number of halogens is 1. The molecule has 0 aliphatic carbocycles. The Labute approximate surface area is 102 Å². The minimum Gasteiger partial charge on any atom is -0.236 e. The van der Waals surface area contributed by atoms with Crippen LogP contribution >= 0.6 is 22.9 Å². The third kappa shape index (κ3) is 1.49. The van der Waals surface area contributed by atoms with Gasteiger partial charge in [-0.2, -0.15) is 0 Å². The molecule has 0 saturated heterocycles. The number of rotatable bonds is 1. The fourth-order valence-electron chi connectivity index (χ4n) is 1.66. The van der Waals surface area contributed by atoms with Crippen LogP contribution in [0.1, 0.15) is 0 Å². The number of nitrogens with zero attached hydrogens (tertiary/aromatic N) is 2. The number of hydrogen-bond donors (Lipinski definition) is 0. The van der Waals surface area contributed by atoms with Crippen LogP contribution in [0.4, 0.5) is 0 Å². The van der Waals surface area contributed by atoms with E-state index in [0.717, 1.165) is 21.5 Å². The molecule has 3 rings (SSSR count). The van der Waals surface area contributed by atoms with E-state index in [9.17, 15) is 0 Å². The van der Waals surface area contributed by atoms with Gasteiger partial charge in [0.1, 0.15) is 11.2 Å². The molecule has 4 heteroatoms. The van der Waals surface area contributed by atoms with E-state index in [2.05, 4.69) is 9.97 Å². The average molecular weight is 247 g/mol. The molecule has 2 aromatic heterocycles. The largest absolute Gasteiger partial charge is 0.236 e. The van der Waals surface area contributed by atoms with Crippen molar-refractivity contribution in [2.45, 2.75) is 0 Å². The van der Waals surface area contributed by atoms with Crippen LogP contribution in [0.5, 0.6) is 0 Å². The maximum atomic E-state index is 6.17. The first kappa shape index (κ1) is 9.75. The molecule has 78 valence electrons. The highest BCUT2D eigenvalue weighted by Crippen LogP contribution is 2.32. The van der Waals surface area contributed by atoms with Gasteiger partial charge in [-0.05, 0) is 17.5 Å². The second kappa shape index (κ2) is 3.85. The van der Waals surface area contributed by atoms with Crippen LogP contribution in [-0.2, 0) is 0 Å². The molecule has 3 aromatic rings. The van der Waals surface area contributed by atoms with E-state index in [1.807, 2.05) is 35.7 Å². The van der Waals surface area contributed by atoms with Crippen LogP contribution in [-0.4, -0.2) is 9.97 Å². The van der Waals surface area contributed by atoms with Gasteiger partial charge in [-0.3, -0.25) is 0 Å². The highest BCUT2D eigenvalue weighted by Gasteiger charge is 2.09. The van der Waals surface area contributed by atoms with Gasteiger partial charge in [0.2, 0.25) is 0 Å². The molecule has 0 spiro atoms. The molecule has 0 N–H and O–H groups in total. The Bertz CT molecular complexity index is 648. The molecule has 0 atom stereocenters. The van der Waals surface area contributed by atoms with Crippen molar-refractivity contribution in [3.63, 3.8) is 0 Å². The lowest BCUT2D eigenvalue weighted by atomic mass is 10.1. The van der Waals surface area contributed by atoms with E-state index in [1.54, 1.807) is 17.7 Å². The van der Waals surface area contributed by atoms with Gasteiger partial charge in [-0.25, -0.2) is 9.97 Å². The second-order valence-electron chi connectivity index (χ2n) is 3.34. The van der Waals surface area contributed by atoms with Gasteiger partial charge in [-0.1, -0.05) is 29.8 Å². The molecule has 2 heterocycles. The van der Waals surface area contributed by atoms with Crippen LogP contribution in [0.2, 0.25) is 5.02 Å². The van der Waals surface area contributed by atoms with Crippen LogP contribution < -0.4 is 0 Å². The third-order valence-corrected chi connectivity index (χ3v) is 3.54. The molecule has 1 aromatic carbocycles. The summed E-state index contributed by atoms with van der Waals surface area (Å²) in [6.45, 7) is 0. The van der Waals surface area contributed by atoms with Gasteiger partial charge in [0.25, 0.3) is 0 Å². The third-order valence-electron chi connectivity index (χ3n) is 2.39. The highest BCUT2D eigenvalue weighted by molar-refractivity contribution is 7.16. The van der Waals surface area contributed by atoms with Gasteiger partial charge in [0, 0.05) is 16.0 Å². The number of hydrogen-bond acceptors (Lipinski definition) is 3. The zero-order chi connectivity index (χ0) is 11.0. The highest BCUT2D eigenvalue weighted by atomic mass is 35.5. The summed E-state index contributed by atoms with van der Waals surface area (Å²) in [5, 5.41) is 3.79. The first-order valence-electron chi connectivity index (χ1n) is 4.79. The van der Waals surface area contributed by atoms with Crippen LogP contribution in [0, 0.1) is 0 Å². The van der Waals surface area contributed by atoms with Crippen molar-refractivity contribution < 1.29 is 0 Å². The smallest absolute Gasteiger partial charge is 0.127 e. The predicted molar refractivity (Wildman–Crippen MR) is 67.9 cm³/mol. The summed E-state index contributed by atoms with van der Waals surface area (Å²) >= 11 is 7.78. The van der Waals surface area contributed by atoms with E-state index in [0.29, 0.717) is 5.02 Å². The summed E-state index contributed by atoms with van der Waals surface area (Å²) in [4.78, 5) is 9.53. The normalized spacial score (nSPS) is 10.8. The summed E-state index contributed by atoms with van der Waals surface area (Å²) < 4.78 is 0. The Morgan fingerprint density at radius 1 is 1.06 bits per heavy atom. The van der Waals surface area contributed by atoms with Crippen molar-refractivity contribution in [2.24, 2.45) is 0 Å². The summed E-state index contributed by atoms with van der Waals surface area (Å²) in [6, 6.07) is 9.75. The number of benzene rings is 1. The summed E-state index contributed by atoms with van der Waals surface area (Å²) in [6.07, 6.45) is 1.58. The maximum absolute atomic E-state index is 6.17. The first-order chi connectivity index (χ1) is 7.86. The zero-order valence-electron chi connectivity index (χ0n) is 8.22. The summed E-state index contributed by atoms with van der Waals surface area (Å²) in [5.74, 6) is 0. The van der Waals surface area contributed by atoms with Crippen LogP contribution in [0.25, 0.3) is 21.5 Å². The molecule has 2 nitrogen and oxygen atoms in total. The predicted octanol–water partition coefficient (Wildman–Crippen LogP) is 4.01. The Hall–Kier alpha value is -1.45. The average Bonchev–Trinajstić information content (AvgIpc) is 2.77. The SMILES string of the molecule is Clc1ccccc1-c1ncnc2sccc12. The number of aromatic nitrogens is 2. The molecule has 0 amide bonds. The molecular weight excluding hydrogens is 240 g/mol. The summed E-state index contributed by atoms with van der Waals surface area (Å²) in [5.41, 5.74) is 1.85. The molecule has 0 bridgehead atoms. The monoisotopic (exact) mass is 246 g/mol. The van der Waals surface area contributed by atoms with Crippen molar-refractivity contribution in [1.29, 1.82) is 0 Å². The van der Waals surface area contributed by atoms with Gasteiger partial charge >= 0.3 is 0 Å². The maximum Gasteiger partial charge on any atom is 0.127 e. The molecule has 0 aliphatic heterocycles. The van der Waals surface area contributed by atoms with Crippen molar-refractivity contribution in [3.8, 4) is 11.3 Å². The molecule has 16 heavy (non-hydrogen) atoms. The minimum absolute atomic E-state index is 0.716. The Kier molecular flexibility index (Phi) is 2.35. The topological polar surface area (TPSA) is 25.8 Å². The first-order valence-corrected chi connectivity index (χ1v) is 6.05. The lowest BCUT2D eigenvalue weighted by Crippen LogP contribution is -1.86. The van der Waals surface area contributed by atoms with Gasteiger partial charge in [0.05, 0.1) is 5.69 Å². The molecular formula is C12H7ClN2S. The lowest BCUT2D eigenvalue weighted by Gasteiger charge is -2.03. The van der Waals surface area contributed by atoms with E-state index in [1.165, 1.54) is 0 Å². The molecule has 0 fully saturated rings. The minimum atomic E-state index is 0.716. The molecule has 0 saturated carbocycles. The van der Waals surface area contributed by atoms with Crippen molar-refractivity contribution >= 4 is 33.2 Å². The Morgan fingerprint density at radius 2 is 1.94 bits per heavy atom. The van der Waals surface area contributed by atoms with E-state index < -0.39 is 0 Å². The van der Waals surface area contributed by atoms with Crippen molar-refractivity contribution in [2.75, 3.05) is 0 Å². The van der Waals surface area contributed by atoms with Crippen LogP contribution in [0.3, 0.4) is 0 Å². The fourth-order valence-corrected chi connectivity index (χ4v) is 2.62.